The summed E-state index contributed by atoms with van der Waals surface area (Å²) in [7, 11) is 0. The summed E-state index contributed by atoms with van der Waals surface area (Å²) in [4.78, 5) is 1.61. The van der Waals surface area contributed by atoms with Crippen LogP contribution in [0, 0.1) is 0 Å². The van der Waals surface area contributed by atoms with Gasteiger partial charge in [-0.25, -0.2) is 0 Å². The van der Waals surface area contributed by atoms with Crippen LogP contribution in [-0.2, 0) is 25.3 Å². The van der Waals surface area contributed by atoms with Gasteiger partial charge in [-0.2, -0.15) is 21.1 Å². The topological polar surface area (TPSA) is 0 Å². The number of hydrogen-bond donors (Lipinski definition) is 0. The molecule has 0 bridgehead atoms. The normalized spacial score (nSPS) is 7.11. The summed E-state index contributed by atoms with van der Waals surface area (Å²) in [5, 5.41) is 3.75. The first-order valence-electron chi connectivity index (χ1n) is 1.71. The van der Waals surface area contributed by atoms with Gasteiger partial charge in [-0.05, 0) is 10.8 Å². The van der Waals surface area contributed by atoms with Gasteiger partial charge in [-0.3, -0.25) is 0 Å². The third kappa shape index (κ3) is 4.56. The molecule has 0 saturated heterocycles. The Morgan fingerprint density at radius 3 is 1.44 bits per heavy atom. The van der Waals surface area contributed by atoms with Gasteiger partial charge in [0.15, 0.2) is 0 Å². The van der Waals surface area contributed by atoms with Crippen molar-refractivity contribution in [2.75, 3.05) is 0 Å². The summed E-state index contributed by atoms with van der Waals surface area (Å²) in [6.07, 6.45) is 0. The fourth-order valence-corrected chi connectivity index (χ4v) is 1.44. The van der Waals surface area contributed by atoms with Crippen LogP contribution in [-0.4, -0.2) is 0 Å². The van der Waals surface area contributed by atoms with Crippen molar-refractivity contribution in [3.05, 3.63) is 10.8 Å². The molecule has 0 radical (unpaired) electrons. The fourth-order valence-electron chi connectivity index (χ4n) is 0.274. The van der Waals surface area contributed by atoms with Gasteiger partial charge in [0.2, 0.25) is 0 Å². The van der Waals surface area contributed by atoms with Crippen molar-refractivity contribution in [1.29, 1.82) is 0 Å². The average Bonchev–Trinajstić information content (AvgIpc) is 1.91. The second kappa shape index (κ2) is 6.83. The molecule has 0 aliphatic carbocycles. The van der Waals surface area contributed by atoms with E-state index in [0.717, 1.165) is 9.79 Å². The van der Waals surface area contributed by atoms with E-state index in [-0.39, 0.29) is 59.1 Å². The third-order valence-corrected chi connectivity index (χ3v) is 2.44. The summed E-state index contributed by atoms with van der Waals surface area (Å²) in [6, 6.07) is 0. The Labute approximate surface area is 114 Å². The molecule has 0 amide bonds. The zero-order chi connectivity index (χ0) is 5.28. The zero-order valence-electron chi connectivity index (χ0n) is 5.38. The van der Waals surface area contributed by atoms with E-state index in [4.69, 9.17) is 25.3 Å². The zero-order valence-corrected chi connectivity index (χ0v) is 11.8. The van der Waals surface area contributed by atoms with Crippen molar-refractivity contribution >= 4 is 36.6 Å². The Morgan fingerprint density at radius 1 is 1.00 bits per heavy atom. The first-order valence-corrected chi connectivity index (χ1v) is 3.47. The van der Waals surface area contributed by atoms with Crippen LogP contribution in [0.2, 0.25) is 0 Å². The molecule has 0 fully saturated rings. The maximum absolute atomic E-state index is 4.79. The van der Waals surface area contributed by atoms with Gasteiger partial charge in [0.1, 0.15) is 0 Å². The van der Waals surface area contributed by atoms with E-state index in [9.17, 15) is 0 Å². The van der Waals surface area contributed by atoms with Gasteiger partial charge in [-0.1, -0.05) is 0 Å². The molecule has 1 heterocycles. The van der Waals surface area contributed by atoms with E-state index in [1.807, 2.05) is 10.8 Å². The van der Waals surface area contributed by atoms with E-state index in [0.29, 0.717) is 0 Å². The van der Waals surface area contributed by atoms with E-state index >= 15 is 0 Å². The molecule has 0 nitrogen and oxygen atoms in total. The Bertz CT molecular complexity index is 146. The van der Waals surface area contributed by atoms with Gasteiger partial charge >= 0.3 is 59.1 Å². The summed E-state index contributed by atoms with van der Waals surface area (Å²) in [6.45, 7) is 0. The van der Waals surface area contributed by atoms with Gasteiger partial charge in [0, 0.05) is 0 Å². The maximum atomic E-state index is 4.79. The SMILES string of the molecule is [Na+].[Na+].[S-]c1cscc1[S-]. The monoisotopic (exact) mass is 192 g/mol. The van der Waals surface area contributed by atoms with Crippen LogP contribution in [0.25, 0.3) is 0 Å². The van der Waals surface area contributed by atoms with Gasteiger partial charge in [0.05, 0.1) is 0 Å². The summed E-state index contributed by atoms with van der Waals surface area (Å²) >= 11 is 11.1. The Kier molecular flexibility index (Phi) is 10.4. The Morgan fingerprint density at radius 2 is 1.33 bits per heavy atom. The quantitative estimate of drug-likeness (QED) is 0.300. The molecule has 0 aliphatic rings. The van der Waals surface area contributed by atoms with Crippen LogP contribution in [0.15, 0.2) is 20.6 Å². The molecular weight excluding hydrogens is 190 g/mol. The van der Waals surface area contributed by atoms with Crippen LogP contribution in [0.5, 0.6) is 0 Å². The van der Waals surface area contributed by atoms with E-state index in [1.54, 1.807) is 11.3 Å². The summed E-state index contributed by atoms with van der Waals surface area (Å²) in [5.41, 5.74) is 0. The molecule has 0 spiro atoms. The van der Waals surface area contributed by atoms with Crippen LogP contribution in [0.3, 0.4) is 0 Å². The molecule has 0 aromatic carbocycles. The molecule has 1 rings (SSSR count). The minimum atomic E-state index is 0. The van der Waals surface area contributed by atoms with E-state index in [1.165, 1.54) is 0 Å². The first kappa shape index (κ1) is 13.7. The molecule has 0 saturated carbocycles. The second-order valence-corrected chi connectivity index (χ2v) is 2.72. The molecule has 1 aromatic heterocycles. The van der Waals surface area contributed by atoms with Gasteiger partial charge in [0.25, 0.3) is 0 Å². The molecule has 0 atom stereocenters. The summed E-state index contributed by atoms with van der Waals surface area (Å²) in [5.74, 6) is 0. The van der Waals surface area contributed by atoms with E-state index in [2.05, 4.69) is 0 Å². The predicted molar refractivity (Wildman–Crippen MR) is 35.6 cm³/mol. The summed E-state index contributed by atoms with van der Waals surface area (Å²) < 4.78 is 0. The van der Waals surface area contributed by atoms with Crippen molar-refractivity contribution in [3.8, 4) is 0 Å². The average molecular weight is 192 g/mol. The molecule has 9 heavy (non-hydrogen) atoms. The molecule has 38 valence electrons. The van der Waals surface area contributed by atoms with Gasteiger partial charge in [-0.15, -0.1) is 0 Å². The minimum Gasteiger partial charge on any atom is -0.780 e. The predicted octanol–water partition coefficient (Wildman–Crippen LogP) is -4.43. The third-order valence-electron chi connectivity index (χ3n) is 0.593. The standard InChI is InChI=1S/C4H4S3.2Na/c5-3-1-7-2-4(3)6;;/h1-2,5-6H;;/q;2*+1/p-2. The van der Waals surface area contributed by atoms with Crippen LogP contribution < -0.4 is 59.1 Å². The fraction of sp³-hybridized carbons (Fsp3) is 0. The smallest absolute Gasteiger partial charge is 0.780 e. The molecule has 1 aromatic rings. The van der Waals surface area contributed by atoms with Crippen molar-refractivity contribution in [1.82, 2.24) is 0 Å². The molecule has 0 aliphatic heterocycles. The van der Waals surface area contributed by atoms with Gasteiger partial charge < -0.3 is 25.3 Å². The van der Waals surface area contributed by atoms with Crippen molar-refractivity contribution in [3.63, 3.8) is 0 Å². The molecule has 0 unspecified atom stereocenters. The number of hydrogen-bond acceptors (Lipinski definition) is 3. The van der Waals surface area contributed by atoms with Crippen LogP contribution in [0.4, 0.5) is 0 Å². The molecule has 0 N–H and O–H groups in total. The first-order chi connectivity index (χ1) is 3.30. The van der Waals surface area contributed by atoms with Crippen LogP contribution >= 0.6 is 11.3 Å². The van der Waals surface area contributed by atoms with E-state index < -0.39 is 0 Å². The Hall–Kier alpha value is 2.14. The molecule has 5 heteroatoms. The number of thiophene rings is 1. The van der Waals surface area contributed by atoms with Crippen molar-refractivity contribution in [2.45, 2.75) is 9.79 Å². The van der Waals surface area contributed by atoms with Crippen molar-refractivity contribution < 1.29 is 59.1 Å². The van der Waals surface area contributed by atoms with Crippen molar-refractivity contribution in [2.24, 2.45) is 0 Å². The van der Waals surface area contributed by atoms with Crippen LogP contribution in [0.1, 0.15) is 0 Å². The largest absolute Gasteiger partial charge is 1.00 e. The minimum absolute atomic E-state index is 0. The molecular formula is C4H2Na2S3. The Balaban J connectivity index is 0. The number of rotatable bonds is 0. The maximum Gasteiger partial charge on any atom is 1.00 e. The second-order valence-electron chi connectivity index (χ2n) is 1.10.